The summed E-state index contributed by atoms with van der Waals surface area (Å²) in [7, 11) is 0. The van der Waals surface area contributed by atoms with E-state index in [0.29, 0.717) is 0 Å². The maximum absolute atomic E-state index is 3.55. The summed E-state index contributed by atoms with van der Waals surface area (Å²) in [5.74, 6) is 2.85. The van der Waals surface area contributed by atoms with E-state index < -0.39 is 0 Å². The third kappa shape index (κ3) is 5.01. The van der Waals surface area contributed by atoms with E-state index in [1.807, 2.05) is 0 Å². The Morgan fingerprint density at radius 3 is 2.33 bits per heavy atom. The molecule has 90 valence electrons. The van der Waals surface area contributed by atoms with Gasteiger partial charge in [-0.1, -0.05) is 52.9 Å². The third-order valence-corrected chi connectivity index (χ3v) is 3.84. The predicted molar refractivity (Wildman–Crippen MR) is 68.1 cm³/mol. The summed E-state index contributed by atoms with van der Waals surface area (Å²) in [4.78, 5) is 0. The topological polar surface area (TPSA) is 12.0 Å². The maximum Gasteiger partial charge on any atom is -0.00180 e. The second kappa shape index (κ2) is 7.27. The van der Waals surface area contributed by atoms with Gasteiger partial charge >= 0.3 is 0 Å². The number of rotatable bonds is 7. The second-order valence-electron chi connectivity index (χ2n) is 5.58. The van der Waals surface area contributed by atoms with E-state index in [2.05, 4.69) is 26.1 Å². The molecule has 0 aliphatic heterocycles. The van der Waals surface area contributed by atoms with Crippen LogP contribution in [0.4, 0.5) is 0 Å². The largest absolute Gasteiger partial charge is 0.317 e. The van der Waals surface area contributed by atoms with Gasteiger partial charge in [-0.05, 0) is 37.3 Å². The molecule has 0 heterocycles. The van der Waals surface area contributed by atoms with Crippen molar-refractivity contribution >= 4 is 0 Å². The number of hydrogen-bond acceptors (Lipinski definition) is 1. The Bertz CT molecular complexity index is 147. The first-order valence-corrected chi connectivity index (χ1v) is 6.94. The monoisotopic (exact) mass is 211 g/mol. The van der Waals surface area contributed by atoms with Gasteiger partial charge in [0.25, 0.3) is 0 Å². The molecule has 0 aromatic rings. The van der Waals surface area contributed by atoms with Crippen LogP contribution in [0.25, 0.3) is 0 Å². The quantitative estimate of drug-likeness (QED) is 0.674. The fourth-order valence-electron chi connectivity index (χ4n) is 2.81. The van der Waals surface area contributed by atoms with Gasteiger partial charge in [0.2, 0.25) is 0 Å². The molecular formula is C14H29N. The van der Waals surface area contributed by atoms with E-state index >= 15 is 0 Å². The first-order chi connectivity index (χ1) is 7.24. The lowest BCUT2D eigenvalue weighted by Gasteiger charge is -2.24. The Labute approximate surface area is 96.0 Å². The molecule has 1 aliphatic carbocycles. The van der Waals surface area contributed by atoms with E-state index in [1.165, 1.54) is 45.1 Å². The molecule has 1 atom stereocenters. The van der Waals surface area contributed by atoms with Gasteiger partial charge in [0.1, 0.15) is 0 Å². The minimum Gasteiger partial charge on any atom is -0.317 e. The SMILES string of the molecule is CCNCC(CCC(C)C)C1CCCC1. The summed E-state index contributed by atoms with van der Waals surface area (Å²) in [6, 6.07) is 0. The molecule has 1 nitrogen and oxygen atoms in total. The molecule has 1 heteroatoms. The first kappa shape index (κ1) is 13.0. The Morgan fingerprint density at radius 1 is 1.13 bits per heavy atom. The highest BCUT2D eigenvalue weighted by Gasteiger charge is 2.24. The molecule has 0 spiro atoms. The zero-order chi connectivity index (χ0) is 11.1. The summed E-state index contributed by atoms with van der Waals surface area (Å²) < 4.78 is 0. The molecule has 0 aromatic heterocycles. The summed E-state index contributed by atoms with van der Waals surface area (Å²) in [5.41, 5.74) is 0. The normalized spacial score (nSPS) is 20.0. The molecule has 0 aromatic carbocycles. The minimum absolute atomic E-state index is 0.871. The van der Waals surface area contributed by atoms with Crippen molar-refractivity contribution in [3.05, 3.63) is 0 Å². The zero-order valence-corrected chi connectivity index (χ0v) is 10.9. The molecule has 0 amide bonds. The highest BCUT2D eigenvalue weighted by atomic mass is 14.8. The van der Waals surface area contributed by atoms with Gasteiger partial charge < -0.3 is 5.32 Å². The molecule has 1 N–H and O–H groups in total. The van der Waals surface area contributed by atoms with E-state index in [-0.39, 0.29) is 0 Å². The summed E-state index contributed by atoms with van der Waals surface area (Å²) in [5, 5.41) is 3.55. The van der Waals surface area contributed by atoms with Crippen molar-refractivity contribution in [3.63, 3.8) is 0 Å². The molecule has 1 fully saturated rings. The second-order valence-corrected chi connectivity index (χ2v) is 5.58. The van der Waals surface area contributed by atoms with Crippen LogP contribution in [-0.2, 0) is 0 Å². The van der Waals surface area contributed by atoms with Gasteiger partial charge in [-0.15, -0.1) is 0 Å². The van der Waals surface area contributed by atoms with Gasteiger partial charge in [-0.3, -0.25) is 0 Å². The van der Waals surface area contributed by atoms with Crippen molar-refractivity contribution in [1.82, 2.24) is 5.32 Å². The molecular weight excluding hydrogens is 182 g/mol. The molecule has 0 radical (unpaired) electrons. The fraction of sp³-hybridized carbons (Fsp3) is 1.00. The standard InChI is InChI=1S/C14H29N/c1-4-15-11-14(10-9-12(2)3)13-7-5-6-8-13/h12-15H,4-11H2,1-3H3. The van der Waals surface area contributed by atoms with E-state index in [1.54, 1.807) is 0 Å². The molecule has 1 unspecified atom stereocenters. The van der Waals surface area contributed by atoms with Crippen molar-refractivity contribution in [2.24, 2.45) is 17.8 Å². The van der Waals surface area contributed by atoms with Crippen LogP contribution in [-0.4, -0.2) is 13.1 Å². The summed E-state index contributed by atoms with van der Waals surface area (Å²) in [6.07, 6.45) is 8.80. The van der Waals surface area contributed by atoms with Gasteiger partial charge in [-0.2, -0.15) is 0 Å². The minimum atomic E-state index is 0.871. The van der Waals surface area contributed by atoms with Gasteiger partial charge in [0.15, 0.2) is 0 Å². The lowest BCUT2D eigenvalue weighted by molar-refractivity contribution is 0.288. The Kier molecular flexibility index (Phi) is 6.31. The van der Waals surface area contributed by atoms with Crippen LogP contribution in [0.2, 0.25) is 0 Å². The van der Waals surface area contributed by atoms with Crippen molar-refractivity contribution in [1.29, 1.82) is 0 Å². The lowest BCUT2D eigenvalue weighted by atomic mass is 9.85. The molecule has 1 rings (SSSR count). The van der Waals surface area contributed by atoms with Crippen LogP contribution in [0.5, 0.6) is 0 Å². The van der Waals surface area contributed by atoms with Crippen molar-refractivity contribution in [3.8, 4) is 0 Å². The Balaban J connectivity index is 2.30. The molecule has 15 heavy (non-hydrogen) atoms. The van der Waals surface area contributed by atoms with Crippen LogP contribution in [0.1, 0.15) is 59.3 Å². The number of nitrogens with one attached hydrogen (secondary N) is 1. The van der Waals surface area contributed by atoms with E-state index in [9.17, 15) is 0 Å². The van der Waals surface area contributed by atoms with Gasteiger partial charge in [0.05, 0.1) is 0 Å². The average molecular weight is 211 g/mol. The van der Waals surface area contributed by atoms with Crippen molar-refractivity contribution in [2.45, 2.75) is 59.3 Å². The average Bonchev–Trinajstić information content (AvgIpc) is 2.71. The zero-order valence-electron chi connectivity index (χ0n) is 10.9. The van der Waals surface area contributed by atoms with Gasteiger partial charge in [-0.25, -0.2) is 0 Å². The van der Waals surface area contributed by atoms with E-state index in [4.69, 9.17) is 0 Å². The smallest absolute Gasteiger partial charge is 0.00180 e. The highest BCUT2D eigenvalue weighted by Crippen LogP contribution is 2.34. The van der Waals surface area contributed by atoms with Crippen LogP contribution in [0.3, 0.4) is 0 Å². The number of hydrogen-bond donors (Lipinski definition) is 1. The van der Waals surface area contributed by atoms with Gasteiger partial charge in [0, 0.05) is 0 Å². The summed E-state index contributed by atoms with van der Waals surface area (Å²) in [6.45, 7) is 9.30. The predicted octanol–water partition coefficient (Wildman–Crippen LogP) is 3.84. The van der Waals surface area contributed by atoms with Crippen molar-refractivity contribution < 1.29 is 0 Å². The molecule has 0 saturated heterocycles. The highest BCUT2D eigenvalue weighted by molar-refractivity contribution is 4.77. The Morgan fingerprint density at radius 2 is 1.80 bits per heavy atom. The van der Waals surface area contributed by atoms with Crippen molar-refractivity contribution in [2.75, 3.05) is 13.1 Å². The molecule has 0 bridgehead atoms. The maximum atomic E-state index is 3.55. The van der Waals surface area contributed by atoms with E-state index in [0.717, 1.165) is 24.3 Å². The summed E-state index contributed by atoms with van der Waals surface area (Å²) >= 11 is 0. The van der Waals surface area contributed by atoms with Crippen LogP contribution in [0.15, 0.2) is 0 Å². The fourth-order valence-corrected chi connectivity index (χ4v) is 2.81. The van der Waals surface area contributed by atoms with Crippen LogP contribution in [0, 0.1) is 17.8 Å². The van der Waals surface area contributed by atoms with Crippen LogP contribution >= 0.6 is 0 Å². The lowest BCUT2D eigenvalue weighted by Crippen LogP contribution is -2.27. The third-order valence-electron chi connectivity index (χ3n) is 3.84. The molecule has 1 saturated carbocycles. The van der Waals surface area contributed by atoms with Crippen LogP contribution < -0.4 is 5.32 Å². The Hall–Kier alpha value is -0.0400. The first-order valence-electron chi connectivity index (χ1n) is 6.94. The molecule has 1 aliphatic rings.